The van der Waals surface area contributed by atoms with E-state index in [2.05, 4.69) is 181 Å². The van der Waals surface area contributed by atoms with Gasteiger partial charge in [0.25, 0.3) is 0 Å². The second kappa shape index (κ2) is 11.4. The number of rotatable bonds is 6. The highest BCUT2D eigenvalue weighted by Crippen LogP contribution is 2.50. The summed E-state index contributed by atoms with van der Waals surface area (Å²) in [5.74, 6) is 0.945. The Bertz CT molecular complexity index is 2350. The van der Waals surface area contributed by atoms with E-state index >= 15 is 0 Å². The highest BCUT2D eigenvalue weighted by Gasteiger charge is 2.34. The van der Waals surface area contributed by atoms with Gasteiger partial charge in [0.2, 0.25) is 0 Å². The normalized spacial score (nSPS) is 14.8. The second-order valence-electron chi connectivity index (χ2n) is 12.8. The lowest BCUT2D eigenvalue weighted by Gasteiger charge is -2.39. The predicted molar refractivity (Wildman–Crippen MR) is 203 cm³/mol. The Morgan fingerprint density at radius 1 is 0.646 bits per heavy atom. The average molecular weight is 618 g/mol. The molecule has 0 saturated carbocycles. The standard InChI is InChI=1S/C45H35N3/c1-30-28-41(47(33-15-6-3-7-16-33)34-17-8-4-9-18-34)38-25-23-37-31(2)29-42(39-26-24-36(30)44(38)45(37)39)48(35-19-10-5-11-20-35)43-27-22-32-14-12-13-21-40(32)46-43/h3-23,25-29,42H,24H2,1-2H3. The van der Waals surface area contributed by atoms with Gasteiger partial charge in [-0.1, -0.05) is 97.1 Å². The Morgan fingerprint density at radius 3 is 2.00 bits per heavy atom. The Balaban J connectivity index is 1.28. The van der Waals surface area contributed by atoms with Gasteiger partial charge in [0.15, 0.2) is 0 Å². The Morgan fingerprint density at radius 2 is 1.29 bits per heavy atom. The first kappa shape index (κ1) is 28.3. The van der Waals surface area contributed by atoms with Crippen molar-refractivity contribution in [3.8, 4) is 0 Å². The Hall–Kier alpha value is -5.93. The van der Waals surface area contributed by atoms with Gasteiger partial charge >= 0.3 is 0 Å². The molecule has 0 saturated heterocycles. The molecule has 1 atom stereocenters. The topological polar surface area (TPSA) is 19.4 Å². The third-order valence-electron chi connectivity index (χ3n) is 9.99. The molecule has 7 aromatic rings. The Kier molecular flexibility index (Phi) is 6.72. The van der Waals surface area contributed by atoms with Gasteiger partial charge in [0, 0.05) is 27.8 Å². The minimum atomic E-state index is -0.0179. The molecule has 6 aromatic carbocycles. The summed E-state index contributed by atoms with van der Waals surface area (Å²) in [6.07, 6.45) is 5.80. The average Bonchev–Trinajstić information content (AvgIpc) is 3.14. The molecule has 0 N–H and O–H groups in total. The molecule has 2 aliphatic carbocycles. The summed E-state index contributed by atoms with van der Waals surface area (Å²) in [7, 11) is 0. The van der Waals surface area contributed by atoms with Crippen LogP contribution in [-0.2, 0) is 6.42 Å². The first-order valence-corrected chi connectivity index (χ1v) is 16.7. The summed E-state index contributed by atoms with van der Waals surface area (Å²) in [6.45, 7) is 4.55. The van der Waals surface area contributed by atoms with Crippen molar-refractivity contribution in [2.45, 2.75) is 26.3 Å². The van der Waals surface area contributed by atoms with Crippen molar-refractivity contribution in [1.29, 1.82) is 0 Å². The molecule has 3 heteroatoms. The Labute approximate surface area is 281 Å². The zero-order valence-corrected chi connectivity index (χ0v) is 27.1. The monoisotopic (exact) mass is 617 g/mol. The van der Waals surface area contributed by atoms with Crippen LogP contribution >= 0.6 is 0 Å². The maximum Gasteiger partial charge on any atom is 0.134 e. The van der Waals surface area contributed by atoms with E-state index in [9.17, 15) is 0 Å². The van der Waals surface area contributed by atoms with Crippen molar-refractivity contribution < 1.29 is 0 Å². The van der Waals surface area contributed by atoms with Crippen LogP contribution < -0.4 is 9.80 Å². The molecule has 1 aromatic heterocycles. The molecular weight excluding hydrogens is 583 g/mol. The lowest BCUT2D eigenvalue weighted by Crippen LogP contribution is -2.34. The quantitative estimate of drug-likeness (QED) is 0.185. The van der Waals surface area contributed by atoms with Gasteiger partial charge in [-0.25, -0.2) is 4.98 Å². The van der Waals surface area contributed by atoms with Gasteiger partial charge in [0.1, 0.15) is 5.82 Å². The van der Waals surface area contributed by atoms with Crippen molar-refractivity contribution >= 4 is 61.4 Å². The fraction of sp³-hybridized carbons (Fsp3) is 0.0889. The van der Waals surface area contributed by atoms with E-state index in [4.69, 9.17) is 4.98 Å². The molecule has 2 aliphatic rings. The SMILES string of the molecule is CC1=CC(N(c2ccccc2)c2ccc3ccccc3n2)C2=CCc3c(C)cc(N(c4ccccc4)c4ccccc4)c4ccc1c2c34. The molecule has 0 fully saturated rings. The number of hydrogen-bond donors (Lipinski definition) is 0. The molecule has 3 nitrogen and oxygen atoms in total. The third kappa shape index (κ3) is 4.54. The first-order chi connectivity index (χ1) is 23.7. The summed E-state index contributed by atoms with van der Waals surface area (Å²) in [5, 5.41) is 3.79. The van der Waals surface area contributed by atoms with Gasteiger partial charge in [-0.15, -0.1) is 0 Å². The lowest BCUT2D eigenvalue weighted by atomic mass is 9.75. The number of anilines is 5. The van der Waals surface area contributed by atoms with Crippen LogP contribution in [0.1, 0.15) is 29.2 Å². The summed E-state index contributed by atoms with van der Waals surface area (Å²) >= 11 is 0. The van der Waals surface area contributed by atoms with E-state index in [0.29, 0.717) is 0 Å². The van der Waals surface area contributed by atoms with Crippen LogP contribution in [0.2, 0.25) is 0 Å². The fourth-order valence-electron chi connectivity index (χ4n) is 7.78. The molecule has 0 aliphatic heterocycles. The molecule has 0 radical (unpaired) electrons. The minimum Gasteiger partial charge on any atom is -0.315 e. The third-order valence-corrected chi connectivity index (χ3v) is 9.99. The molecule has 1 heterocycles. The first-order valence-electron chi connectivity index (χ1n) is 16.7. The van der Waals surface area contributed by atoms with Crippen LogP contribution in [0.5, 0.6) is 0 Å². The van der Waals surface area contributed by atoms with Crippen LogP contribution in [0.15, 0.2) is 158 Å². The van der Waals surface area contributed by atoms with Gasteiger partial charge in [0.05, 0.1) is 17.2 Å². The summed E-state index contributed by atoms with van der Waals surface area (Å²) in [4.78, 5) is 10.1. The number of pyridine rings is 1. The van der Waals surface area contributed by atoms with Crippen molar-refractivity contribution in [2.24, 2.45) is 0 Å². The lowest BCUT2D eigenvalue weighted by molar-refractivity contribution is 0.926. The number of hydrogen-bond acceptors (Lipinski definition) is 3. The highest BCUT2D eigenvalue weighted by molar-refractivity contribution is 6.12. The number of benzene rings is 6. The van der Waals surface area contributed by atoms with Crippen LogP contribution in [-0.4, -0.2) is 11.0 Å². The maximum atomic E-state index is 5.24. The smallest absolute Gasteiger partial charge is 0.134 e. The molecule has 230 valence electrons. The van der Waals surface area contributed by atoms with E-state index in [1.165, 1.54) is 49.9 Å². The zero-order valence-electron chi connectivity index (χ0n) is 27.1. The van der Waals surface area contributed by atoms with Gasteiger partial charge in [-0.3, -0.25) is 0 Å². The summed E-state index contributed by atoms with van der Waals surface area (Å²) < 4.78 is 0. The molecular formula is C45H35N3. The zero-order chi connectivity index (χ0) is 32.2. The molecule has 9 rings (SSSR count). The van der Waals surface area contributed by atoms with Crippen LogP contribution in [0.3, 0.4) is 0 Å². The molecule has 0 amide bonds. The molecule has 48 heavy (non-hydrogen) atoms. The number of para-hydroxylation sites is 4. The molecule has 0 spiro atoms. The van der Waals surface area contributed by atoms with Gasteiger partial charge < -0.3 is 9.80 Å². The number of aryl methyl sites for hydroxylation is 1. The number of fused-ring (bicyclic) bond motifs is 1. The van der Waals surface area contributed by atoms with E-state index < -0.39 is 0 Å². The number of nitrogens with zero attached hydrogens (tertiary/aromatic N) is 3. The van der Waals surface area contributed by atoms with Crippen LogP contribution in [0, 0.1) is 6.92 Å². The van der Waals surface area contributed by atoms with E-state index in [-0.39, 0.29) is 6.04 Å². The summed E-state index contributed by atoms with van der Waals surface area (Å²) in [6, 6.07) is 52.0. The van der Waals surface area contributed by atoms with Crippen molar-refractivity contribution in [3.05, 3.63) is 180 Å². The summed E-state index contributed by atoms with van der Waals surface area (Å²) in [5.41, 5.74) is 13.7. The molecule has 1 unspecified atom stereocenters. The molecule has 0 bridgehead atoms. The largest absolute Gasteiger partial charge is 0.315 e. The predicted octanol–water partition coefficient (Wildman–Crippen LogP) is 11.7. The van der Waals surface area contributed by atoms with Crippen LogP contribution in [0.4, 0.5) is 28.6 Å². The maximum absolute atomic E-state index is 5.24. The fourth-order valence-corrected chi connectivity index (χ4v) is 7.78. The minimum absolute atomic E-state index is 0.0179. The number of aromatic nitrogens is 1. The van der Waals surface area contributed by atoms with Gasteiger partial charge in [-0.05, 0) is 120 Å². The van der Waals surface area contributed by atoms with E-state index in [1.807, 2.05) is 0 Å². The van der Waals surface area contributed by atoms with Crippen molar-refractivity contribution in [2.75, 3.05) is 9.80 Å². The van der Waals surface area contributed by atoms with Crippen molar-refractivity contribution in [3.63, 3.8) is 0 Å². The van der Waals surface area contributed by atoms with Crippen molar-refractivity contribution in [1.82, 2.24) is 4.98 Å². The van der Waals surface area contributed by atoms with Gasteiger partial charge in [-0.2, -0.15) is 0 Å². The van der Waals surface area contributed by atoms with E-state index in [1.54, 1.807) is 0 Å². The second-order valence-corrected chi connectivity index (χ2v) is 12.8. The highest BCUT2D eigenvalue weighted by atomic mass is 15.2. The number of allylic oxidation sites excluding steroid dienone is 2. The van der Waals surface area contributed by atoms with E-state index in [0.717, 1.165) is 40.2 Å². The van der Waals surface area contributed by atoms with Crippen LogP contribution in [0.25, 0.3) is 32.8 Å².